The predicted molar refractivity (Wildman–Crippen MR) is 92.0 cm³/mol. The lowest BCUT2D eigenvalue weighted by Crippen LogP contribution is -2.35. The van der Waals surface area contributed by atoms with Crippen LogP contribution in [0.3, 0.4) is 0 Å². The summed E-state index contributed by atoms with van der Waals surface area (Å²) in [6, 6.07) is 0. The number of carboxylic acid groups (broad SMARTS) is 2. The van der Waals surface area contributed by atoms with Crippen molar-refractivity contribution in [3.05, 3.63) is 0 Å². The molecule has 0 radical (unpaired) electrons. The van der Waals surface area contributed by atoms with Gasteiger partial charge in [-0.1, -0.05) is 71.1 Å². The summed E-state index contributed by atoms with van der Waals surface area (Å²) in [5, 5.41) is 15.3. The minimum absolute atomic E-state index is 1.12. The van der Waals surface area contributed by atoms with E-state index in [1.165, 1.54) is 83.6 Å². The Hall–Kier alpha value is -0.770. The average Bonchev–Trinajstić information content (AvgIpc) is 2.38. The van der Waals surface area contributed by atoms with Crippen LogP contribution in [0.2, 0.25) is 0 Å². The third-order valence-corrected chi connectivity index (χ3v) is 3.68. The van der Waals surface area contributed by atoms with Crippen LogP contribution < -0.4 is 5.11 Å². The second-order valence-electron chi connectivity index (χ2n) is 7.17. The van der Waals surface area contributed by atoms with E-state index in [0.29, 0.717) is 0 Å². The van der Waals surface area contributed by atoms with E-state index < -0.39 is 6.16 Å². The van der Waals surface area contributed by atoms with Crippen molar-refractivity contribution in [1.82, 2.24) is 0 Å². The van der Waals surface area contributed by atoms with Gasteiger partial charge in [-0.3, -0.25) is 0 Å². The highest BCUT2D eigenvalue weighted by molar-refractivity contribution is 5.50. The first-order chi connectivity index (χ1) is 10.3. The zero-order valence-electron chi connectivity index (χ0n) is 15.4. The second kappa shape index (κ2) is 16.6. The van der Waals surface area contributed by atoms with E-state index in [1.807, 2.05) is 0 Å². The Morgan fingerprint density at radius 3 is 1.32 bits per heavy atom. The summed E-state index contributed by atoms with van der Waals surface area (Å²) in [5.74, 6) is 0. The van der Waals surface area contributed by atoms with Gasteiger partial charge in [-0.15, -0.1) is 0 Å². The number of unbranched alkanes of at least 4 members (excludes halogenated alkanes) is 11. The highest BCUT2D eigenvalue weighted by atomic mass is 16.6. The lowest BCUT2D eigenvalue weighted by Gasteiger charge is -2.23. The van der Waals surface area contributed by atoms with Gasteiger partial charge in [0.05, 0.1) is 27.7 Å². The van der Waals surface area contributed by atoms with Crippen molar-refractivity contribution < 1.29 is 19.5 Å². The van der Waals surface area contributed by atoms with Crippen LogP contribution >= 0.6 is 0 Å². The van der Waals surface area contributed by atoms with Gasteiger partial charge < -0.3 is 19.5 Å². The maximum absolute atomic E-state index is 8.44. The van der Waals surface area contributed by atoms with Gasteiger partial charge in [0, 0.05) is 0 Å². The molecule has 0 aromatic rings. The molecule has 4 heteroatoms. The maximum Gasteiger partial charge on any atom is 0.249 e. The first-order valence-electron chi connectivity index (χ1n) is 9.00. The van der Waals surface area contributed by atoms with Crippen molar-refractivity contribution in [3.63, 3.8) is 0 Å². The molecule has 0 rings (SSSR count). The Balaban J connectivity index is 0. The van der Waals surface area contributed by atoms with Crippen molar-refractivity contribution in [3.8, 4) is 0 Å². The number of hydrogen-bond donors (Lipinski definition) is 1. The van der Waals surface area contributed by atoms with Crippen LogP contribution in [-0.4, -0.2) is 43.4 Å². The molecule has 0 saturated heterocycles. The molecular formula is C18H39NO3. The number of carbonyl (C=O) groups is 1. The van der Waals surface area contributed by atoms with Crippen LogP contribution in [0, 0.1) is 0 Å². The van der Waals surface area contributed by atoms with Gasteiger partial charge in [0.1, 0.15) is 0 Å². The van der Waals surface area contributed by atoms with Crippen LogP contribution in [-0.2, 0) is 0 Å². The number of rotatable bonds is 13. The number of quaternary nitrogens is 1. The minimum Gasteiger partial charge on any atom is -0.565 e. The standard InChI is InChI=1S/C17H38N.CH2O3/c1-5-6-7-8-9-10-11-12-13-14-15-16-17-18(2,3)4;2-1(3)4/h5-17H2,1-4H3;(H2,2,3,4)/q+1;/p-1. The fourth-order valence-corrected chi connectivity index (χ4v) is 2.43. The van der Waals surface area contributed by atoms with Crippen molar-refractivity contribution in [2.75, 3.05) is 27.7 Å². The summed E-state index contributed by atoms with van der Waals surface area (Å²) in [6.07, 6.45) is 15.3. The van der Waals surface area contributed by atoms with Crippen molar-refractivity contribution in [1.29, 1.82) is 0 Å². The summed E-state index contributed by atoms with van der Waals surface area (Å²) >= 11 is 0. The quantitative estimate of drug-likeness (QED) is 0.407. The third-order valence-electron chi connectivity index (χ3n) is 3.68. The molecule has 1 N–H and O–H groups in total. The van der Waals surface area contributed by atoms with Crippen molar-refractivity contribution in [2.24, 2.45) is 0 Å². The molecule has 0 fully saturated rings. The van der Waals surface area contributed by atoms with Crippen molar-refractivity contribution in [2.45, 2.75) is 84.0 Å². The SMILES string of the molecule is CCCCCCCCCCCCCC[N+](C)(C)C.O=C([O-])O. The Bertz CT molecular complexity index is 233. The lowest BCUT2D eigenvalue weighted by atomic mass is 10.1. The van der Waals surface area contributed by atoms with Gasteiger partial charge in [0.25, 0.3) is 0 Å². The summed E-state index contributed by atoms with van der Waals surface area (Å²) in [6.45, 7) is 3.62. The highest BCUT2D eigenvalue weighted by Crippen LogP contribution is 2.12. The topological polar surface area (TPSA) is 60.4 Å². The van der Waals surface area contributed by atoms with Gasteiger partial charge in [0.2, 0.25) is 6.16 Å². The second-order valence-corrected chi connectivity index (χ2v) is 7.17. The summed E-state index contributed by atoms with van der Waals surface area (Å²) < 4.78 is 1.12. The zero-order chi connectivity index (χ0) is 17.3. The molecule has 0 aliphatic heterocycles. The molecule has 0 atom stereocenters. The number of nitrogens with zero attached hydrogens (tertiary/aromatic N) is 1. The Morgan fingerprint density at radius 1 is 0.773 bits per heavy atom. The monoisotopic (exact) mass is 317 g/mol. The molecule has 0 aromatic heterocycles. The Morgan fingerprint density at radius 2 is 1.05 bits per heavy atom. The van der Waals surface area contributed by atoms with Gasteiger partial charge in [-0.2, -0.15) is 0 Å². The van der Waals surface area contributed by atoms with Crippen molar-refractivity contribution >= 4 is 6.16 Å². The largest absolute Gasteiger partial charge is 0.565 e. The molecule has 134 valence electrons. The fraction of sp³-hybridized carbons (Fsp3) is 0.944. The average molecular weight is 318 g/mol. The molecule has 0 amide bonds. The molecular weight excluding hydrogens is 278 g/mol. The van der Waals surface area contributed by atoms with E-state index in [1.54, 1.807) is 0 Å². The van der Waals surface area contributed by atoms with Crippen LogP contribution in [0.15, 0.2) is 0 Å². The van der Waals surface area contributed by atoms with E-state index in [9.17, 15) is 0 Å². The minimum atomic E-state index is -2.08. The van der Waals surface area contributed by atoms with E-state index >= 15 is 0 Å². The van der Waals surface area contributed by atoms with Gasteiger partial charge in [-0.25, -0.2) is 0 Å². The van der Waals surface area contributed by atoms with E-state index in [2.05, 4.69) is 28.1 Å². The normalized spacial score (nSPS) is 10.9. The zero-order valence-corrected chi connectivity index (χ0v) is 15.4. The molecule has 0 aromatic carbocycles. The molecule has 4 nitrogen and oxygen atoms in total. The fourth-order valence-electron chi connectivity index (χ4n) is 2.43. The highest BCUT2D eigenvalue weighted by Gasteiger charge is 2.04. The molecule has 22 heavy (non-hydrogen) atoms. The molecule has 0 unspecified atom stereocenters. The lowest BCUT2D eigenvalue weighted by molar-refractivity contribution is -0.870. The Kier molecular flexibility index (Phi) is 17.7. The van der Waals surface area contributed by atoms with Gasteiger partial charge in [0.15, 0.2) is 0 Å². The molecule has 0 spiro atoms. The van der Waals surface area contributed by atoms with Gasteiger partial charge in [-0.05, 0) is 12.8 Å². The van der Waals surface area contributed by atoms with Crippen LogP contribution in [0.1, 0.15) is 84.0 Å². The van der Waals surface area contributed by atoms with Crippen LogP contribution in [0.25, 0.3) is 0 Å². The number of hydrogen-bond acceptors (Lipinski definition) is 2. The summed E-state index contributed by atoms with van der Waals surface area (Å²) in [4.78, 5) is 8.44. The Labute approximate surface area is 138 Å². The molecule has 0 aliphatic carbocycles. The third kappa shape index (κ3) is 31.6. The molecule has 0 heterocycles. The van der Waals surface area contributed by atoms with E-state index in [0.717, 1.165) is 4.48 Å². The molecule has 0 bridgehead atoms. The maximum atomic E-state index is 8.44. The van der Waals surface area contributed by atoms with Crippen LogP contribution in [0.5, 0.6) is 0 Å². The van der Waals surface area contributed by atoms with Crippen LogP contribution in [0.4, 0.5) is 4.79 Å². The van der Waals surface area contributed by atoms with E-state index in [4.69, 9.17) is 15.0 Å². The van der Waals surface area contributed by atoms with E-state index in [-0.39, 0.29) is 0 Å². The summed E-state index contributed by atoms with van der Waals surface area (Å²) in [7, 11) is 6.87. The summed E-state index contributed by atoms with van der Waals surface area (Å²) in [5.41, 5.74) is 0. The smallest absolute Gasteiger partial charge is 0.249 e. The molecule has 0 aliphatic rings. The first kappa shape index (κ1) is 23.5. The first-order valence-corrected chi connectivity index (χ1v) is 9.00. The van der Waals surface area contributed by atoms with Gasteiger partial charge >= 0.3 is 0 Å². The predicted octanol–water partition coefficient (Wildman–Crippen LogP) is 4.28. The molecule has 0 saturated carbocycles.